The standard InChI is InChI=1S/C17H13Cl2FN2O5S/c18-10-5-9(1-2-12(10)20)21-16(23)3-4-28(25,26)15-7-14-13(6-11(15)19)22-17(24)8-27-14/h1-2,5-7H,3-4,8H2,(H,21,23)(H,22,24). The van der Waals surface area contributed by atoms with Crippen LogP contribution in [-0.4, -0.2) is 32.6 Å². The number of ether oxygens (including phenoxy) is 1. The Kier molecular flexibility index (Phi) is 5.78. The van der Waals surface area contributed by atoms with Gasteiger partial charge in [-0.25, -0.2) is 12.8 Å². The number of fused-ring (bicyclic) bond motifs is 1. The van der Waals surface area contributed by atoms with Crippen LogP contribution in [0.2, 0.25) is 10.0 Å². The number of hydrogen-bond donors (Lipinski definition) is 2. The highest BCUT2D eigenvalue weighted by Crippen LogP contribution is 2.36. The number of rotatable bonds is 5. The van der Waals surface area contributed by atoms with E-state index >= 15 is 0 Å². The zero-order chi connectivity index (χ0) is 20.5. The van der Waals surface area contributed by atoms with Gasteiger partial charge in [0.2, 0.25) is 5.91 Å². The van der Waals surface area contributed by atoms with Crippen LogP contribution < -0.4 is 15.4 Å². The Bertz CT molecular complexity index is 1080. The highest BCUT2D eigenvalue weighted by atomic mass is 35.5. The van der Waals surface area contributed by atoms with Crippen LogP contribution in [0.5, 0.6) is 5.75 Å². The van der Waals surface area contributed by atoms with Crippen LogP contribution in [0.25, 0.3) is 0 Å². The molecule has 148 valence electrons. The average Bonchev–Trinajstić information content (AvgIpc) is 2.62. The fraction of sp³-hybridized carbons (Fsp3) is 0.176. The molecule has 1 aliphatic heterocycles. The van der Waals surface area contributed by atoms with Crippen molar-refractivity contribution in [2.45, 2.75) is 11.3 Å². The van der Waals surface area contributed by atoms with Crippen molar-refractivity contribution in [2.75, 3.05) is 23.0 Å². The SMILES string of the molecule is O=C(CCS(=O)(=O)c1cc2c(cc1Cl)NC(=O)CO2)Nc1ccc(F)c(Cl)c1. The monoisotopic (exact) mass is 446 g/mol. The Morgan fingerprint density at radius 2 is 1.96 bits per heavy atom. The summed E-state index contributed by atoms with van der Waals surface area (Å²) >= 11 is 11.7. The largest absolute Gasteiger partial charge is 0.482 e. The molecule has 0 aliphatic carbocycles. The van der Waals surface area contributed by atoms with Gasteiger partial charge in [0.1, 0.15) is 11.6 Å². The van der Waals surface area contributed by atoms with Crippen molar-refractivity contribution in [3.8, 4) is 5.75 Å². The van der Waals surface area contributed by atoms with Gasteiger partial charge in [0.25, 0.3) is 5.91 Å². The summed E-state index contributed by atoms with van der Waals surface area (Å²) in [6, 6.07) is 6.10. The first kappa shape index (κ1) is 20.4. The lowest BCUT2D eigenvalue weighted by molar-refractivity contribution is -0.118. The summed E-state index contributed by atoms with van der Waals surface area (Å²) in [4.78, 5) is 23.1. The number of hydrogen-bond acceptors (Lipinski definition) is 5. The van der Waals surface area contributed by atoms with E-state index in [1.807, 2.05) is 0 Å². The van der Waals surface area contributed by atoms with E-state index in [9.17, 15) is 22.4 Å². The molecule has 1 heterocycles. The zero-order valence-electron chi connectivity index (χ0n) is 14.1. The van der Waals surface area contributed by atoms with E-state index < -0.39 is 27.3 Å². The van der Waals surface area contributed by atoms with Crippen LogP contribution >= 0.6 is 23.2 Å². The van der Waals surface area contributed by atoms with Crippen LogP contribution in [-0.2, 0) is 19.4 Å². The van der Waals surface area contributed by atoms with Gasteiger partial charge in [0.05, 0.1) is 26.4 Å². The Labute approximate surface area is 169 Å². The van der Waals surface area contributed by atoms with Gasteiger partial charge in [-0.15, -0.1) is 0 Å². The number of sulfone groups is 1. The summed E-state index contributed by atoms with van der Waals surface area (Å²) in [6.45, 7) is -0.239. The number of benzene rings is 2. The minimum atomic E-state index is -3.91. The molecule has 0 spiro atoms. The van der Waals surface area contributed by atoms with Gasteiger partial charge in [0, 0.05) is 18.2 Å². The van der Waals surface area contributed by atoms with E-state index in [-0.39, 0.29) is 51.0 Å². The normalized spacial score (nSPS) is 13.3. The third-order valence-corrected chi connectivity index (χ3v) is 6.27. The average molecular weight is 447 g/mol. The van der Waals surface area contributed by atoms with E-state index in [1.54, 1.807) is 0 Å². The molecule has 0 radical (unpaired) electrons. The van der Waals surface area contributed by atoms with E-state index in [4.69, 9.17) is 27.9 Å². The zero-order valence-corrected chi connectivity index (χ0v) is 16.4. The predicted octanol–water partition coefficient (Wildman–Crippen LogP) is 3.27. The van der Waals surface area contributed by atoms with Gasteiger partial charge in [-0.1, -0.05) is 23.2 Å². The maximum atomic E-state index is 13.1. The summed E-state index contributed by atoms with van der Waals surface area (Å²) < 4.78 is 43.5. The first-order valence-corrected chi connectivity index (χ1v) is 10.3. The maximum absolute atomic E-state index is 13.1. The Morgan fingerprint density at radius 3 is 2.68 bits per heavy atom. The molecule has 0 aromatic heterocycles. The Morgan fingerprint density at radius 1 is 1.21 bits per heavy atom. The molecule has 1 aliphatic rings. The maximum Gasteiger partial charge on any atom is 0.262 e. The molecular weight excluding hydrogens is 434 g/mol. The van der Waals surface area contributed by atoms with Crippen LogP contribution in [0.1, 0.15) is 6.42 Å². The Hall–Kier alpha value is -2.36. The van der Waals surface area contributed by atoms with Gasteiger partial charge in [-0.05, 0) is 24.3 Å². The highest BCUT2D eigenvalue weighted by Gasteiger charge is 2.25. The fourth-order valence-corrected chi connectivity index (χ4v) is 4.47. The van der Waals surface area contributed by atoms with Gasteiger partial charge < -0.3 is 15.4 Å². The number of anilines is 2. The first-order valence-electron chi connectivity index (χ1n) is 7.89. The van der Waals surface area contributed by atoms with Crippen molar-refractivity contribution in [1.82, 2.24) is 0 Å². The molecule has 0 saturated carbocycles. The molecule has 7 nitrogen and oxygen atoms in total. The van der Waals surface area contributed by atoms with E-state index in [0.29, 0.717) is 0 Å². The summed E-state index contributed by atoms with van der Waals surface area (Å²) in [5.41, 5.74) is 0.510. The molecule has 2 N–H and O–H groups in total. The predicted molar refractivity (Wildman–Crippen MR) is 102 cm³/mol. The lowest BCUT2D eigenvalue weighted by Crippen LogP contribution is -2.25. The number of nitrogens with one attached hydrogen (secondary N) is 2. The summed E-state index contributed by atoms with van der Waals surface area (Å²) in [6.07, 6.45) is -0.359. The fourth-order valence-electron chi connectivity index (χ4n) is 2.45. The molecule has 0 saturated heterocycles. The number of halogens is 3. The number of carbonyl (C=O) groups excluding carboxylic acids is 2. The second-order valence-corrected chi connectivity index (χ2v) is 8.75. The molecule has 0 bridgehead atoms. The topological polar surface area (TPSA) is 102 Å². The number of amides is 2. The van der Waals surface area contributed by atoms with Gasteiger partial charge in [-0.3, -0.25) is 9.59 Å². The summed E-state index contributed by atoms with van der Waals surface area (Å²) in [7, 11) is -3.91. The molecule has 0 unspecified atom stereocenters. The highest BCUT2D eigenvalue weighted by molar-refractivity contribution is 7.91. The van der Waals surface area contributed by atoms with Gasteiger partial charge in [-0.2, -0.15) is 0 Å². The van der Waals surface area contributed by atoms with Crippen LogP contribution in [0.3, 0.4) is 0 Å². The van der Waals surface area contributed by atoms with Gasteiger partial charge in [0.15, 0.2) is 16.4 Å². The van der Waals surface area contributed by atoms with Gasteiger partial charge >= 0.3 is 0 Å². The lowest BCUT2D eigenvalue weighted by Gasteiger charge is -2.19. The smallest absolute Gasteiger partial charge is 0.262 e. The minimum Gasteiger partial charge on any atom is -0.482 e. The molecule has 11 heteroatoms. The molecular formula is C17H13Cl2FN2O5S. The molecule has 28 heavy (non-hydrogen) atoms. The van der Waals surface area contributed by atoms with Crippen molar-refractivity contribution in [3.63, 3.8) is 0 Å². The van der Waals surface area contributed by atoms with Crippen LogP contribution in [0.4, 0.5) is 15.8 Å². The quantitative estimate of drug-likeness (QED) is 0.733. The molecule has 0 atom stereocenters. The van der Waals surface area contributed by atoms with Crippen LogP contribution in [0, 0.1) is 5.82 Å². The second-order valence-electron chi connectivity index (χ2n) is 5.86. The van der Waals surface area contributed by atoms with Crippen LogP contribution in [0.15, 0.2) is 35.2 Å². The third kappa shape index (κ3) is 4.54. The Balaban J connectivity index is 1.70. The lowest BCUT2D eigenvalue weighted by atomic mass is 10.2. The van der Waals surface area contributed by atoms with E-state index in [0.717, 1.165) is 6.07 Å². The minimum absolute atomic E-state index is 0.102. The first-order chi connectivity index (χ1) is 13.2. The second kappa shape index (κ2) is 7.94. The van der Waals surface area contributed by atoms with Crippen molar-refractivity contribution in [2.24, 2.45) is 0 Å². The number of carbonyl (C=O) groups is 2. The molecule has 0 fully saturated rings. The molecule has 2 aromatic carbocycles. The molecule has 2 amide bonds. The third-order valence-electron chi connectivity index (χ3n) is 3.80. The molecule has 2 aromatic rings. The molecule has 3 rings (SSSR count). The van der Waals surface area contributed by atoms with E-state index in [1.165, 1.54) is 24.3 Å². The summed E-state index contributed by atoms with van der Waals surface area (Å²) in [5, 5.41) is 4.69. The van der Waals surface area contributed by atoms with E-state index in [2.05, 4.69) is 10.6 Å². The van der Waals surface area contributed by atoms with Crippen molar-refractivity contribution in [3.05, 3.63) is 46.2 Å². The van der Waals surface area contributed by atoms with Crippen molar-refractivity contribution in [1.29, 1.82) is 0 Å². The summed E-state index contributed by atoms with van der Waals surface area (Å²) in [5.74, 6) is -1.95. The van der Waals surface area contributed by atoms with Crippen molar-refractivity contribution < 1.29 is 27.1 Å². The van der Waals surface area contributed by atoms with Crippen molar-refractivity contribution >= 4 is 56.2 Å².